The SMILES string of the molecule is COCCCSCCCCCCCCCCCCc1ccc(F)cc1. The molecule has 1 nitrogen and oxygen atoms in total. The molecule has 0 amide bonds. The fraction of sp³-hybridized carbons (Fsp3) is 0.727. The third kappa shape index (κ3) is 14.3. The zero-order valence-electron chi connectivity index (χ0n) is 16.1. The Bertz CT molecular complexity index is 394. The van der Waals surface area contributed by atoms with Crippen molar-refractivity contribution >= 4 is 11.8 Å². The molecule has 0 bridgehead atoms. The van der Waals surface area contributed by atoms with Crippen LogP contribution < -0.4 is 0 Å². The van der Waals surface area contributed by atoms with E-state index in [1.807, 2.05) is 12.1 Å². The molecule has 0 spiro atoms. The first-order valence-electron chi connectivity index (χ1n) is 10.1. The molecular weight excluding hydrogens is 331 g/mol. The zero-order chi connectivity index (χ0) is 18.0. The van der Waals surface area contributed by atoms with Crippen LogP contribution in [0, 0.1) is 5.82 Å². The van der Waals surface area contributed by atoms with E-state index in [-0.39, 0.29) is 5.82 Å². The minimum Gasteiger partial charge on any atom is -0.385 e. The first-order chi connectivity index (χ1) is 12.3. The Morgan fingerprint density at radius 3 is 1.84 bits per heavy atom. The van der Waals surface area contributed by atoms with Gasteiger partial charge in [-0.15, -0.1) is 0 Å². The van der Waals surface area contributed by atoms with Crippen LogP contribution in [-0.4, -0.2) is 25.2 Å². The minimum atomic E-state index is -0.135. The van der Waals surface area contributed by atoms with Gasteiger partial charge in [0.1, 0.15) is 5.82 Å². The number of aryl methyl sites for hydroxylation is 1. The van der Waals surface area contributed by atoms with Crippen molar-refractivity contribution in [3.8, 4) is 0 Å². The summed E-state index contributed by atoms with van der Waals surface area (Å²) in [7, 11) is 1.78. The van der Waals surface area contributed by atoms with Crippen molar-refractivity contribution in [2.45, 2.75) is 77.0 Å². The van der Waals surface area contributed by atoms with Gasteiger partial charge in [-0.05, 0) is 54.9 Å². The Hall–Kier alpha value is -0.540. The highest BCUT2D eigenvalue weighted by Crippen LogP contribution is 2.14. The molecule has 1 aromatic rings. The molecular formula is C22H37FOS. The summed E-state index contributed by atoms with van der Waals surface area (Å²) >= 11 is 2.07. The Morgan fingerprint density at radius 2 is 1.24 bits per heavy atom. The fourth-order valence-electron chi connectivity index (χ4n) is 3.01. The lowest BCUT2D eigenvalue weighted by Gasteiger charge is -2.04. The molecule has 0 aromatic heterocycles. The number of unbranched alkanes of at least 4 members (excludes halogenated alkanes) is 9. The molecule has 1 rings (SSSR count). The summed E-state index contributed by atoms with van der Waals surface area (Å²) in [5, 5.41) is 0. The normalized spacial score (nSPS) is 11.1. The van der Waals surface area contributed by atoms with Crippen molar-refractivity contribution in [2.75, 3.05) is 25.2 Å². The molecule has 0 unspecified atom stereocenters. The third-order valence-corrected chi connectivity index (χ3v) is 5.71. The van der Waals surface area contributed by atoms with E-state index in [4.69, 9.17) is 4.74 Å². The molecule has 1 aromatic carbocycles. The van der Waals surface area contributed by atoms with Crippen molar-refractivity contribution in [1.82, 2.24) is 0 Å². The number of methoxy groups -OCH3 is 1. The quantitative estimate of drug-likeness (QED) is 0.273. The monoisotopic (exact) mass is 368 g/mol. The summed E-state index contributed by atoms with van der Waals surface area (Å²) in [6.07, 6.45) is 15.9. The summed E-state index contributed by atoms with van der Waals surface area (Å²) in [6.45, 7) is 0.902. The van der Waals surface area contributed by atoms with Crippen LogP contribution in [0.5, 0.6) is 0 Å². The lowest BCUT2D eigenvalue weighted by molar-refractivity contribution is 0.200. The topological polar surface area (TPSA) is 9.23 Å². The summed E-state index contributed by atoms with van der Waals surface area (Å²) in [5.74, 6) is 2.43. The van der Waals surface area contributed by atoms with E-state index in [1.165, 1.54) is 87.7 Å². The number of hydrogen-bond donors (Lipinski definition) is 0. The molecule has 0 fully saturated rings. The molecule has 3 heteroatoms. The Kier molecular flexibility index (Phi) is 15.2. The summed E-state index contributed by atoms with van der Waals surface area (Å²) in [6, 6.07) is 6.95. The van der Waals surface area contributed by atoms with Crippen molar-refractivity contribution in [3.05, 3.63) is 35.6 Å². The molecule has 0 radical (unpaired) electrons. The Balaban J connectivity index is 1.74. The van der Waals surface area contributed by atoms with E-state index < -0.39 is 0 Å². The van der Waals surface area contributed by atoms with Crippen LogP contribution in [0.15, 0.2) is 24.3 Å². The van der Waals surface area contributed by atoms with E-state index in [2.05, 4.69) is 11.8 Å². The number of hydrogen-bond acceptors (Lipinski definition) is 2. The summed E-state index contributed by atoms with van der Waals surface area (Å²) in [4.78, 5) is 0. The van der Waals surface area contributed by atoms with Gasteiger partial charge in [0.15, 0.2) is 0 Å². The van der Waals surface area contributed by atoms with Crippen LogP contribution in [0.3, 0.4) is 0 Å². The average molecular weight is 369 g/mol. The largest absolute Gasteiger partial charge is 0.385 e. The van der Waals surface area contributed by atoms with Crippen LogP contribution in [0.2, 0.25) is 0 Å². The van der Waals surface area contributed by atoms with Gasteiger partial charge in [-0.2, -0.15) is 11.8 Å². The van der Waals surface area contributed by atoms with Gasteiger partial charge in [-0.3, -0.25) is 0 Å². The number of halogens is 1. The number of rotatable bonds is 17. The maximum atomic E-state index is 12.8. The molecule has 25 heavy (non-hydrogen) atoms. The first-order valence-corrected chi connectivity index (χ1v) is 11.3. The van der Waals surface area contributed by atoms with Gasteiger partial charge in [-0.1, -0.05) is 63.5 Å². The van der Waals surface area contributed by atoms with E-state index in [0.29, 0.717) is 0 Å². The number of benzene rings is 1. The molecule has 144 valence electrons. The highest BCUT2D eigenvalue weighted by Gasteiger charge is 1.96. The second kappa shape index (κ2) is 16.9. The summed E-state index contributed by atoms with van der Waals surface area (Å²) < 4.78 is 17.9. The van der Waals surface area contributed by atoms with Gasteiger partial charge < -0.3 is 4.74 Å². The second-order valence-electron chi connectivity index (χ2n) is 6.87. The van der Waals surface area contributed by atoms with Crippen LogP contribution in [0.25, 0.3) is 0 Å². The third-order valence-electron chi connectivity index (χ3n) is 4.55. The standard InChI is InChI=1S/C22H37FOS/c1-24-18-12-20-25-19-11-9-7-5-3-2-4-6-8-10-13-21-14-16-22(23)17-15-21/h14-17H,2-13,18-20H2,1H3. The van der Waals surface area contributed by atoms with Gasteiger partial charge in [0, 0.05) is 13.7 Å². The minimum absolute atomic E-state index is 0.135. The van der Waals surface area contributed by atoms with E-state index in [9.17, 15) is 4.39 Å². The molecule has 0 aliphatic rings. The van der Waals surface area contributed by atoms with Crippen LogP contribution >= 0.6 is 11.8 Å². The van der Waals surface area contributed by atoms with Gasteiger partial charge in [0.05, 0.1) is 0 Å². The van der Waals surface area contributed by atoms with Gasteiger partial charge in [0.2, 0.25) is 0 Å². The molecule has 0 atom stereocenters. The zero-order valence-corrected chi connectivity index (χ0v) is 16.9. The fourth-order valence-corrected chi connectivity index (χ4v) is 3.94. The molecule has 0 heterocycles. The molecule has 0 aliphatic carbocycles. The maximum Gasteiger partial charge on any atom is 0.123 e. The Morgan fingerprint density at radius 1 is 0.720 bits per heavy atom. The van der Waals surface area contributed by atoms with Gasteiger partial charge in [0.25, 0.3) is 0 Å². The molecule has 0 N–H and O–H groups in total. The van der Waals surface area contributed by atoms with Crippen LogP contribution in [0.1, 0.15) is 76.2 Å². The van der Waals surface area contributed by atoms with E-state index in [0.717, 1.165) is 13.0 Å². The predicted molar refractivity (Wildman–Crippen MR) is 110 cm³/mol. The lowest BCUT2D eigenvalue weighted by atomic mass is 10.0. The van der Waals surface area contributed by atoms with E-state index >= 15 is 0 Å². The maximum absolute atomic E-state index is 12.8. The lowest BCUT2D eigenvalue weighted by Crippen LogP contribution is -1.91. The smallest absolute Gasteiger partial charge is 0.123 e. The predicted octanol–water partition coefficient (Wildman–Crippen LogP) is 7.04. The summed E-state index contributed by atoms with van der Waals surface area (Å²) in [5.41, 5.74) is 1.26. The molecule has 0 saturated heterocycles. The second-order valence-corrected chi connectivity index (χ2v) is 8.10. The highest BCUT2D eigenvalue weighted by atomic mass is 32.2. The average Bonchev–Trinajstić information content (AvgIpc) is 2.63. The van der Waals surface area contributed by atoms with Crippen molar-refractivity contribution < 1.29 is 9.13 Å². The van der Waals surface area contributed by atoms with Crippen LogP contribution in [0.4, 0.5) is 4.39 Å². The number of thioether (sulfide) groups is 1. The Labute approximate surface area is 159 Å². The van der Waals surface area contributed by atoms with E-state index in [1.54, 1.807) is 19.2 Å². The van der Waals surface area contributed by atoms with Crippen molar-refractivity contribution in [3.63, 3.8) is 0 Å². The molecule has 0 aliphatic heterocycles. The molecule has 0 saturated carbocycles. The van der Waals surface area contributed by atoms with Crippen molar-refractivity contribution in [2.24, 2.45) is 0 Å². The number of ether oxygens (including phenoxy) is 1. The van der Waals surface area contributed by atoms with Crippen molar-refractivity contribution in [1.29, 1.82) is 0 Å². The van der Waals surface area contributed by atoms with Gasteiger partial charge in [-0.25, -0.2) is 4.39 Å². The highest BCUT2D eigenvalue weighted by molar-refractivity contribution is 7.99. The van der Waals surface area contributed by atoms with Crippen LogP contribution in [-0.2, 0) is 11.2 Å². The first kappa shape index (κ1) is 22.5. The van der Waals surface area contributed by atoms with Gasteiger partial charge >= 0.3 is 0 Å².